The van der Waals surface area contributed by atoms with Gasteiger partial charge >= 0.3 is 12.3 Å². The fourth-order valence-electron chi connectivity index (χ4n) is 1.12. The molecule has 0 aliphatic rings. The maximum atomic E-state index is 12.1. The highest BCUT2D eigenvalue weighted by molar-refractivity contribution is 9.10. The first-order valence-corrected chi connectivity index (χ1v) is 5.24. The second kappa shape index (κ2) is 5.30. The fourth-order valence-corrected chi connectivity index (χ4v) is 1.70. The minimum Gasteiger partial charge on any atom is -0.478 e. The first kappa shape index (κ1) is 14.4. The molecule has 18 heavy (non-hydrogen) atoms. The van der Waals surface area contributed by atoms with Crippen molar-refractivity contribution in [1.82, 2.24) is 0 Å². The van der Waals surface area contributed by atoms with Crippen molar-refractivity contribution in [3.05, 3.63) is 28.2 Å². The number of hydrogen-bond donors (Lipinski definition) is 2. The van der Waals surface area contributed by atoms with E-state index in [1.807, 2.05) is 0 Å². The number of nitrogens with two attached hydrogens (primary N) is 1. The Morgan fingerprint density at radius 3 is 2.50 bits per heavy atom. The van der Waals surface area contributed by atoms with E-state index in [0.717, 1.165) is 6.08 Å². The Kier molecular flexibility index (Phi) is 4.23. The molecule has 0 spiro atoms. The zero-order chi connectivity index (χ0) is 13.9. The van der Waals surface area contributed by atoms with E-state index in [1.54, 1.807) is 0 Å². The number of hydrogen-bond acceptors (Lipinski definition) is 3. The van der Waals surface area contributed by atoms with Gasteiger partial charge in [-0.05, 0) is 39.7 Å². The number of benzene rings is 1. The predicted molar refractivity (Wildman–Crippen MR) is 61.9 cm³/mol. The fraction of sp³-hybridized carbons (Fsp3) is 0.100. The van der Waals surface area contributed by atoms with Crippen molar-refractivity contribution in [2.45, 2.75) is 6.36 Å². The molecule has 0 radical (unpaired) electrons. The van der Waals surface area contributed by atoms with Crippen molar-refractivity contribution in [2.24, 2.45) is 0 Å². The van der Waals surface area contributed by atoms with Crippen molar-refractivity contribution < 1.29 is 27.8 Å². The maximum absolute atomic E-state index is 12.1. The first-order chi connectivity index (χ1) is 8.19. The van der Waals surface area contributed by atoms with Crippen LogP contribution < -0.4 is 10.5 Å². The van der Waals surface area contributed by atoms with Gasteiger partial charge in [-0.15, -0.1) is 13.2 Å². The third-order valence-corrected chi connectivity index (χ3v) is 2.32. The van der Waals surface area contributed by atoms with E-state index in [-0.39, 0.29) is 10.2 Å². The molecule has 0 aliphatic heterocycles. The molecule has 0 saturated carbocycles. The lowest BCUT2D eigenvalue weighted by atomic mass is 10.2. The second-order valence-electron chi connectivity index (χ2n) is 3.14. The highest BCUT2D eigenvalue weighted by atomic mass is 79.9. The molecule has 3 N–H and O–H groups in total. The molecule has 0 atom stereocenters. The zero-order valence-corrected chi connectivity index (χ0v) is 10.2. The lowest BCUT2D eigenvalue weighted by molar-refractivity contribution is -0.274. The monoisotopic (exact) mass is 325 g/mol. The Bertz CT molecular complexity index is 477. The van der Waals surface area contributed by atoms with E-state index in [1.165, 1.54) is 18.2 Å². The smallest absolute Gasteiger partial charge is 0.478 e. The summed E-state index contributed by atoms with van der Waals surface area (Å²) in [5.41, 5.74) is 5.47. The molecule has 0 unspecified atom stereocenters. The molecule has 0 saturated heterocycles. The van der Waals surface area contributed by atoms with E-state index in [0.29, 0.717) is 5.56 Å². The third-order valence-electron chi connectivity index (χ3n) is 1.73. The predicted octanol–water partition coefficient (Wildman–Crippen LogP) is 3.03. The van der Waals surface area contributed by atoms with Crippen molar-refractivity contribution in [3.8, 4) is 5.75 Å². The number of aliphatic carboxylic acids is 1. The molecule has 0 bridgehead atoms. The maximum Gasteiger partial charge on any atom is 0.573 e. The lowest BCUT2D eigenvalue weighted by Crippen LogP contribution is -2.18. The van der Waals surface area contributed by atoms with Gasteiger partial charge in [-0.1, -0.05) is 0 Å². The Morgan fingerprint density at radius 1 is 1.44 bits per heavy atom. The van der Waals surface area contributed by atoms with Crippen molar-refractivity contribution in [3.63, 3.8) is 0 Å². The van der Waals surface area contributed by atoms with Crippen LogP contribution in [0.2, 0.25) is 0 Å². The van der Waals surface area contributed by atoms with Gasteiger partial charge in [-0.2, -0.15) is 0 Å². The molecule has 0 heterocycles. The van der Waals surface area contributed by atoms with Gasteiger partial charge in [-0.3, -0.25) is 0 Å². The van der Waals surface area contributed by atoms with Crippen LogP contribution in [-0.4, -0.2) is 17.4 Å². The Labute approximate surface area is 108 Å². The largest absolute Gasteiger partial charge is 0.573 e. The van der Waals surface area contributed by atoms with Gasteiger partial charge in [0.05, 0.1) is 10.2 Å². The molecule has 0 fully saturated rings. The summed E-state index contributed by atoms with van der Waals surface area (Å²) in [6, 6.07) is 2.43. The van der Waals surface area contributed by atoms with Gasteiger partial charge in [0, 0.05) is 6.08 Å². The number of rotatable bonds is 3. The van der Waals surface area contributed by atoms with E-state index in [4.69, 9.17) is 10.8 Å². The molecule has 0 aromatic heterocycles. The number of halogens is 4. The molecule has 98 valence electrons. The molecule has 0 aliphatic carbocycles. The van der Waals surface area contributed by atoms with Gasteiger partial charge in [0.1, 0.15) is 0 Å². The molecule has 8 heteroatoms. The topological polar surface area (TPSA) is 72.6 Å². The van der Waals surface area contributed by atoms with Crippen LogP contribution in [-0.2, 0) is 4.79 Å². The van der Waals surface area contributed by atoms with Crippen LogP contribution in [0.15, 0.2) is 22.7 Å². The summed E-state index contributed by atoms with van der Waals surface area (Å²) in [6.45, 7) is 0. The van der Waals surface area contributed by atoms with Gasteiger partial charge in [0.15, 0.2) is 5.75 Å². The highest BCUT2D eigenvalue weighted by Crippen LogP contribution is 2.36. The molecule has 1 rings (SSSR count). The highest BCUT2D eigenvalue weighted by Gasteiger charge is 2.33. The summed E-state index contributed by atoms with van der Waals surface area (Å²) >= 11 is 2.87. The zero-order valence-electron chi connectivity index (χ0n) is 8.66. The summed E-state index contributed by atoms with van der Waals surface area (Å²) in [4.78, 5) is 10.3. The van der Waals surface area contributed by atoms with Crippen LogP contribution in [0.25, 0.3) is 6.08 Å². The number of nitrogen functional groups attached to an aromatic ring is 1. The summed E-state index contributed by atoms with van der Waals surface area (Å²) in [5.74, 6) is -1.74. The van der Waals surface area contributed by atoms with Gasteiger partial charge in [-0.25, -0.2) is 4.79 Å². The third kappa shape index (κ3) is 4.28. The Morgan fingerprint density at radius 2 is 2.06 bits per heavy atom. The summed E-state index contributed by atoms with van der Waals surface area (Å²) in [5, 5.41) is 8.42. The van der Waals surface area contributed by atoms with Crippen molar-refractivity contribution >= 4 is 33.7 Å². The van der Waals surface area contributed by atoms with Crippen LogP contribution >= 0.6 is 15.9 Å². The number of carboxylic acids is 1. The standard InChI is InChI=1S/C10H7BrF3NO3/c11-6-3-5(1-2-8(16)17)4-7(15)9(6)18-10(12,13)14/h1-4H,15H2,(H,16,17)/b2-1+. The average molecular weight is 326 g/mol. The second-order valence-corrected chi connectivity index (χ2v) is 3.99. The number of carbonyl (C=O) groups is 1. The number of carboxylic acid groups (broad SMARTS) is 1. The lowest BCUT2D eigenvalue weighted by Gasteiger charge is -2.13. The SMILES string of the molecule is Nc1cc(/C=C/C(=O)O)cc(Br)c1OC(F)(F)F. The van der Waals surface area contributed by atoms with E-state index in [9.17, 15) is 18.0 Å². The molecule has 4 nitrogen and oxygen atoms in total. The molecule has 1 aromatic rings. The summed E-state index contributed by atoms with van der Waals surface area (Å²) in [6.07, 6.45) is -2.82. The Balaban J connectivity index is 3.09. The van der Waals surface area contributed by atoms with Gasteiger partial charge in [0.2, 0.25) is 0 Å². The molecular formula is C10H7BrF3NO3. The van der Waals surface area contributed by atoms with Crippen LogP contribution in [0.5, 0.6) is 5.75 Å². The first-order valence-electron chi connectivity index (χ1n) is 4.45. The number of ether oxygens (including phenoxy) is 1. The minimum absolute atomic E-state index is 0.0233. The summed E-state index contributed by atoms with van der Waals surface area (Å²) < 4.78 is 39.9. The van der Waals surface area contributed by atoms with Crippen LogP contribution in [0, 0.1) is 0 Å². The van der Waals surface area contributed by atoms with E-state index >= 15 is 0 Å². The molecule has 0 amide bonds. The average Bonchev–Trinajstić information content (AvgIpc) is 2.19. The number of anilines is 1. The molecule has 1 aromatic carbocycles. The quantitative estimate of drug-likeness (QED) is 0.661. The Hall–Kier alpha value is -1.70. The van der Waals surface area contributed by atoms with E-state index in [2.05, 4.69) is 20.7 Å². The van der Waals surface area contributed by atoms with Gasteiger partial charge in [0.25, 0.3) is 0 Å². The van der Waals surface area contributed by atoms with Crippen molar-refractivity contribution in [1.29, 1.82) is 0 Å². The van der Waals surface area contributed by atoms with Crippen molar-refractivity contribution in [2.75, 3.05) is 5.73 Å². The van der Waals surface area contributed by atoms with Crippen LogP contribution in [0.1, 0.15) is 5.56 Å². The summed E-state index contributed by atoms with van der Waals surface area (Å²) in [7, 11) is 0. The van der Waals surface area contributed by atoms with Crippen LogP contribution in [0.3, 0.4) is 0 Å². The van der Waals surface area contributed by atoms with E-state index < -0.39 is 18.1 Å². The van der Waals surface area contributed by atoms with Gasteiger partial charge < -0.3 is 15.6 Å². The molecular weight excluding hydrogens is 319 g/mol. The minimum atomic E-state index is -4.85. The number of alkyl halides is 3. The van der Waals surface area contributed by atoms with Crippen LogP contribution in [0.4, 0.5) is 18.9 Å². The normalized spacial score (nSPS) is 11.8.